The number of aliphatic imine (C=N–C) groups is 1. The third-order valence-corrected chi connectivity index (χ3v) is 3.14. The molecule has 18 heavy (non-hydrogen) atoms. The van der Waals surface area contributed by atoms with Crippen LogP contribution in [0.5, 0.6) is 0 Å². The average Bonchev–Trinajstić information content (AvgIpc) is 2.66. The second-order valence-corrected chi connectivity index (χ2v) is 4.45. The zero-order valence-corrected chi connectivity index (χ0v) is 11.1. The Kier molecular flexibility index (Phi) is 3.60. The first-order valence-corrected chi connectivity index (χ1v) is 6.19. The Balaban J connectivity index is 2.36. The van der Waals surface area contributed by atoms with Gasteiger partial charge < -0.3 is 4.90 Å². The number of carbonyl (C=O) groups is 1. The highest BCUT2D eigenvalue weighted by Gasteiger charge is 2.24. The summed E-state index contributed by atoms with van der Waals surface area (Å²) in [6.07, 6.45) is 5.11. The van der Waals surface area contributed by atoms with E-state index in [1.165, 1.54) is 0 Å². The predicted octanol–water partition coefficient (Wildman–Crippen LogP) is 2.66. The molecule has 0 saturated heterocycles. The molecule has 0 unspecified atom stereocenters. The monoisotopic (exact) mass is 242 g/mol. The summed E-state index contributed by atoms with van der Waals surface area (Å²) >= 11 is 0. The molecule has 0 radical (unpaired) electrons. The highest BCUT2D eigenvalue weighted by atomic mass is 16.2. The van der Waals surface area contributed by atoms with Crippen molar-refractivity contribution in [2.45, 2.75) is 19.9 Å². The molecule has 3 nitrogen and oxygen atoms in total. The summed E-state index contributed by atoms with van der Waals surface area (Å²) in [6.45, 7) is 2.79. The van der Waals surface area contributed by atoms with Gasteiger partial charge in [0.2, 0.25) is 0 Å². The fourth-order valence-corrected chi connectivity index (χ4v) is 2.15. The van der Waals surface area contributed by atoms with Gasteiger partial charge in [-0.25, -0.2) is 0 Å². The van der Waals surface area contributed by atoms with E-state index < -0.39 is 0 Å². The summed E-state index contributed by atoms with van der Waals surface area (Å²) in [5, 5.41) is 0. The lowest BCUT2D eigenvalue weighted by Gasteiger charge is -2.04. The maximum Gasteiger partial charge on any atom is 0.254 e. The molecule has 0 N–H and O–H groups in total. The molecular formula is C15H18N2O. The van der Waals surface area contributed by atoms with Crippen LogP contribution in [0.2, 0.25) is 0 Å². The maximum atomic E-state index is 11.8. The van der Waals surface area contributed by atoms with Crippen molar-refractivity contribution < 1.29 is 4.79 Å². The van der Waals surface area contributed by atoms with Gasteiger partial charge in [-0.15, -0.1) is 0 Å². The molecular weight excluding hydrogens is 224 g/mol. The van der Waals surface area contributed by atoms with Crippen LogP contribution < -0.4 is 0 Å². The van der Waals surface area contributed by atoms with E-state index in [0.717, 1.165) is 28.8 Å². The molecule has 1 aromatic rings. The number of fused-ring (bicyclic) bond motifs is 1. The first-order valence-electron chi connectivity index (χ1n) is 6.19. The van der Waals surface area contributed by atoms with Gasteiger partial charge in [0.1, 0.15) is 0 Å². The summed E-state index contributed by atoms with van der Waals surface area (Å²) < 4.78 is 0. The minimum Gasteiger partial charge on any atom is -0.337 e. The third-order valence-electron chi connectivity index (χ3n) is 3.14. The molecule has 0 fully saturated rings. The minimum absolute atomic E-state index is 0.107. The first-order chi connectivity index (χ1) is 8.67. The quantitative estimate of drug-likeness (QED) is 0.750. The highest BCUT2D eigenvalue weighted by Crippen LogP contribution is 2.23. The number of allylic oxidation sites excluding steroid dienone is 2. The zero-order valence-electron chi connectivity index (χ0n) is 11.1. The highest BCUT2D eigenvalue weighted by molar-refractivity contribution is 6.09. The molecule has 1 aliphatic rings. The summed E-state index contributed by atoms with van der Waals surface area (Å²) in [6, 6.07) is 5.94. The SMILES string of the molecule is CC/C=C\C(=N/C)c1ccc2c(c1)CN(C)C2=O. The molecule has 1 aliphatic heterocycles. The maximum absolute atomic E-state index is 11.8. The Labute approximate surface area is 108 Å². The molecule has 1 heterocycles. The Hall–Kier alpha value is -1.90. The van der Waals surface area contributed by atoms with Crippen molar-refractivity contribution in [3.63, 3.8) is 0 Å². The lowest BCUT2D eigenvalue weighted by molar-refractivity contribution is 0.0816. The number of carbonyl (C=O) groups excluding carboxylic acids is 1. The van der Waals surface area contributed by atoms with Crippen LogP contribution in [0, 0.1) is 0 Å². The number of benzene rings is 1. The molecule has 0 aliphatic carbocycles. The standard InChI is InChI=1S/C15H18N2O/c1-4-5-6-14(16-2)11-7-8-13-12(9-11)10-17(3)15(13)18/h5-9H,4,10H2,1-3H3/b6-5-,16-14+. The van der Waals surface area contributed by atoms with Gasteiger partial charge in [0.05, 0.1) is 5.71 Å². The van der Waals surface area contributed by atoms with E-state index in [2.05, 4.69) is 24.1 Å². The van der Waals surface area contributed by atoms with Crippen molar-refractivity contribution in [1.29, 1.82) is 0 Å². The molecule has 1 amide bonds. The molecule has 0 saturated carbocycles. The smallest absolute Gasteiger partial charge is 0.254 e. The topological polar surface area (TPSA) is 32.7 Å². The van der Waals surface area contributed by atoms with E-state index >= 15 is 0 Å². The molecule has 3 heteroatoms. The van der Waals surface area contributed by atoms with E-state index in [1.807, 2.05) is 25.3 Å². The summed E-state index contributed by atoms with van der Waals surface area (Å²) in [7, 11) is 3.62. The van der Waals surface area contributed by atoms with Gasteiger partial charge in [-0.3, -0.25) is 9.79 Å². The van der Waals surface area contributed by atoms with Crippen molar-refractivity contribution in [2.24, 2.45) is 4.99 Å². The normalized spacial score (nSPS) is 15.6. The lowest BCUT2D eigenvalue weighted by Crippen LogP contribution is -2.17. The van der Waals surface area contributed by atoms with Crippen LogP contribution in [0.15, 0.2) is 35.3 Å². The number of hydrogen-bond donors (Lipinski definition) is 0. The summed E-state index contributed by atoms with van der Waals surface area (Å²) in [5.74, 6) is 0.107. The number of hydrogen-bond acceptors (Lipinski definition) is 2. The van der Waals surface area contributed by atoms with Gasteiger partial charge in [0.15, 0.2) is 0 Å². The lowest BCUT2D eigenvalue weighted by atomic mass is 10.0. The number of rotatable bonds is 3. The second-order valence-electron chi connectivity index (χ2n) is 4.45. The van der Waals surface area contributed by atoms with E-state index in [4.69, 9.17) is 0 Å². The molecule has 0 aromatic heterocycles. The van der Waals surface area contributed by atoms with E-state index in [1.54, 1.807) is 11.9 Å². The zero-order chi connectivity index (χ0) is 13.1. The van der Waals surface area contributed by atoms with Crippen LogP contribution in [0.3, 0.4) is 0 Å². The van der Waals surface area contributed by atoms with Crippen molar-refractivity contribution in [1.82, 2.24) is 4.90 Å². The molecule has 2 rings (SSSR count). The van der Waals surface area contributed by atoms with Crippen LogP contribution in [0.4, 0.5) is 0 Å². The van der Waals surface area contributed by atoms with Gasteiger partial charge in [0.25, 0.3) is 5.91 Å². The van der Waals surface area contributed by atoms with Crippen LogP contribution in [-0.2, 0) is 6.54 Å². The van der Waals surface area contributed by atoms with Gasteiger partial charge in [-0.2, -0.15) is 0 Å². The summed E-state index contributed by atoms with van der Waals surface area (Å²) in [4.78, 5) is 17.8. The van der Waals surface area contributed by atoms with E-state index in [9.17, 15) is 4.79 Å². The summed E-state index contributed by atoms with van der Waals surface area (Å²) in [5.41, 5.74) is 3.94. The average molecular weight is 242 g/mol. The third kappa shape index (κ3) is 2.21. The molecule has 0 spiro atoms. The number of nitrogens with zero attached hydrogens (tertiary/aromatic N) is 2. The first kappa shape index (κ1) is 12.6. The van der Waals surface area contributed by atoms with E-state index in [-0.39, 0.29) is 5.91 Å². The minimum atomic E-state index is 0.107. The molecule has 1 aromatic carbocycles. The van der Waals surface area contributed by atoms with Gasteiger partial charge in [-0.05, 0) is 30.2 Å². The Morgan fingerprint density at radius 2 is 2.28 bits per heavy atom. The van der Waals surface area contributed by atoms with Crippen molar-refractivity contribution >= 4 is 11.6 Å². The molecule has 0 atom stereocenters. The largest absolute Gasteiger partial charge is 0.337 e. The number of amides is 1. The Morgan fingerprint density at radius 3 is 2.94 bits per heavy atom. The van der Waals surface area contributed by atoms with Crippen molar-refractivity contribution in [3.8, 4) is 0 Å². The van der Waals surface area contributed by atoms with Crippen LogP contribution in [0.1, 0.15) is 34.8 Å². The van der Waals surface area contributed by atoms with Gasteiger partial charge >= 0.3 is 0 Å². The van der Waals surface area contributed by atoms with Crippen molar-refractivity contribution in [3.05, 3.63) is 47.0 Å². The van der Waals surface area contributed by atoms with Crippen LogP contribution in [-0.4, -0.2) is 30.6 Å². The fraction of sp³-hybridized carbons (Fsp3) is 0.333. The Bertz CT molecular complexity index is 529. The predicted molar refractivity (Wildman–Crippen MR) is 74.1 cm³/mol. The van der Waals surface area contributed by atoms with E-state index in [0.29, 0.717) is 6.54 Å². The molecule has 0 bridgehead atoms. The fourth-order valence-electron chi connectivity index (χ4n) is 2.15. The van der Waals surface area contributed by atoms with Gasteiger partial charge in [0, 0.05) is 31.8 Å². The van der Waals surface area contributed by atoms with Crippen LogP contribution >= 0.6 is 0 Å². The van der Waals surface area contributed by atoms with Crippen molar-refractivity contribution in [2.75, 3.05) is 14.1 Å². The second kappa shape index (κ2) is 5.17. The Morgan fingerprint density at radius 1 is 1.50 bits per heavy atom. The van der Waals surface area contributed by atoms with Gasteiger partial charge in [-0.1, -0.05) is 19.1 Å². The molecule has 94 valence electrons. The van der Waals surface area contributed by atoms with Crippen LogP contribution in [0.25, 0.3) is 0 Å².